The van der Waals surface area contributed by atoms with E-state index >= 15 is 0 Å². The summed E-state index contributed by atoms with van der Waals surface area (Å²) >= 11 is 6.73. The molecule has 0 radical (unpaired) electrons. The molecular formula is C38H25ClN2. The van der Waals surface area contributed by atoms with Crippen LogP contribution in [0.5, 0.6) is 0 Å². The standard InChI is InChI=1S/C38H25ClN2/c1-37(2)27-17-7-5-14-24(27)33-34(40-36(39)41-35(33)37)26-16-11-21-31-32(26)25-15-6-10-20-30(25)38(31)28-18-8-3-12-22(28)23-13-4-9-19-29(23)38/h3-21H,1-2H3. The van der Waals surface area contributed by atoms with E-state index in [2.05, 4.69) is 129 Å². The molecule has 6 aromatic rings. The minimum absolute atomic E-state index is 0.270. The third-order valence-electron chi connectivity index (χ3n) is 9.62. The van der Waals surface area contributed by atoms with Crippen LogP contribution in [0.15, 0.2) is 115 Å². The molecule has 0 atom stereocenters. The van der Waals surface area contributed by atoms with Crippen LogP contribution < -0.4 is 0 Å². The molecular weight excluding hydrogens is 520 g/mol. The van der Waals surface area contributed by atoms with E-state index in [1.165, 1.54) is 55.6 Å². The first kappa shape index (κ1) is 23.2. The van der Waals surface area contributed by atoms with Crippen molar-refractivity contribution >= 4 is 11.6 Å². The number of benzene rings is 5. The highest BCUT2D eigenvalue weighted by Gasteiger charge is 2.52. The summed E-state index contributed by atoms with van der Waals surface area (Å²) in [5.41, 5.74) is 16.2. The summed E-state index contributed by atoms with van der Waals surface area (Å²) in [6, 6.07) is 42.1. The molecule has 0 unspecified atom stereocenters. The van der Waals surface area contributed by atoms with Crippen LogP contribution in [0, 0.1) is 0 Å². The first-order valence-electron chi connectivity index (χ1n) is 14.1. The summed E-state index contributed by atoms with van der Waals surface area (Å²) in [5, 5.41) is 0.287. The van der Waals surface area contributed by atoms with Gasteiger partial charge in [-0.3, -0.25) is 0 Å². The van der Waals surface area contributed by atoms with Gasteiger partial charge in [-0.15, -0.1) is 0 Å². The summed E-state index contributed by atoms with van der Waals surface area (Å²) in [7, 11) is 0. The number of hydrogen-bond acceptors (Lipinski definition) is 2. The molecule has 0 aliphatic heterocycles. The van der Waals surface area contributed by atoms with E-state index in [0.29, 0.717) is 0 Å². The van der Waals surface area contributed by atoms with Crippen LogP contribution in [0.4, 0.5) is 0 Å². The Balaban J connectivity index is 1.43. The Bertz CT molecular complexity index is 2060. The van der Waals surface area contributed by atoms with Gasteiger partial charge in [-0.25, -0.2) is 9.97 Å². The summed E-state index contributed by atoms with van der Waals surface area (Å²) in [4.78, 5) is 9.82. The summed E-state index contributed by atoms with van der Waals surface area (Å²) in [6.07, 6.45) is 0. The smallest absolute Gasteiger partial charge is 0.221 e. The Labute approximate surface area is 244 Å². The molecule has 3 aliphatic carbocycles. The second kappa shape index (κ2) is 7.81. The number of rotatable bonds is 1. The topological polar surface area (TPSA) is 25.8 Å². The third-order valence-corrected chi connectivity index (χ3v) is 9.79. The van der Waals surface area contributed by atoms with Crippen LogP contribution in [0.1, 0.15) is 47.4 Å². The van der Waals surface area contributed by atoms with Crippen molar-refractivity contribution in [3.05, 3.63) is 154 Å². The fourth-order valence-corrected chi connectivity index (χ4v) is 8.22. The number of nitrogens with zero attached hydrogens (tertiary/aromatic N) is 2. The molecule has 9 rings (SSSR count). The second-order valence-corrected chi connectivity index (χ2v) is 12.2. The van der Waals surface area contributed by atoms with Gasteiger partial charge in [-0.1, -0.05) is 129 Å². The van der Waals surface area contributed by atoms with Crippen molar-refractivity contribution in [2.75, 3.05) is 0 Å². The maximum atomic E-state index is 6.73. The SMILES string of the molecule is CC1(C)c2ccccc2-c2c(-c3cccc4c3-c3ccccc3C43c4ccccc4-c4ccccc43)nc(Cl)nc21. The fraction of sp³-hybridized carbons (Fsp3) is 0.105. The molecule has 1 aromatic heterocycles. The van der Waals surface area contributed by atoms with Gasteiger partial charge in [0.1, 0.15) is 0 Å². The van der Waals surface area contributed by atoms with Crippen molar-refractivity contribution in [1.29, 1.82) is 0 Å². The summed E-state index contributed by atoms with van der Waals surface area (Å²) in [6.45, 7) is 4.47. The lowest BCUT2D eigenvalue weighted by Gasteiger charge is -2.30. The van der Waals surface area contributed by atoms with Crippen LogP contribution in [-0.4, -0.2) is 9.97 Å². The highest BCUT2D eigenvalue weighted by Crippen LogP contribution is 2.64. The van der Waals surface area contributed by atoms with Crippen molar-refractivity contribution in [1.82, 2.24) is 9.97 Å². The quantitative estimate of drug-likeness (QED) is 0.192. The van der Waals surface area contributed by atoms with Crippen molar-refractivity contribution in [2.24, 2.45) is 0 Å². The van der Waals surface area contributed by atoms with Crippen molar-refractivity contribution < 1.29 is 0 Å². The van der Waals surface area contributed by atoms with Gasteiger partial charge in [-0.05, 0) is 67.2 Å². The van der Waals surface area contributed by atoms with Gasteiger partial charge >= 0.3 is 0 Å². The minimum Gasteiger partial charge on any atom is -0.221 e. The third kappa shape index (κ3) is 2.69. The Hall–Kier alpha value is -4.53. The van der Waals surface area contributed by atoms with E-state index in [-0.39, 0.29) is 10.7 Å². The second-order valence-electron chi connectivity index (χ2n) is 11.9. The minimum atomic E-state index is -0.397. The van der Waals surface area contributed by atoms with E-state index in [1.54, 1.807) is 0 Å². The first-order chi connectivity index (χ1) is 20.0. The van der Waals surface area contributed by atoms with E-state index in [0.717, 1.165) is 22.5 Å². The van der Waals surface area contributed by atoms with Gasteiger partial charge in [0.25, 0.3) is 0 Å². The number of hydrogen-bond donors (Lipinski definition) is 0. The summed E-state index contributed by atoms with van der Waals surface area (Å²) < 4.78 is 0. The number of halogens is 1. The Morgan fingerprint density at radius 2 is 0.927 bits per heavy atom. The molecule has 1 heterocycles. The van der Waals surface area contributed by atoms with E-state index in [9.17, 15) is 0 Å². The lowest BCUT2D eigenvalue weighted by molar-refractivity contribution is 0.635. The predicted octanol–water partition coefficient (Wildman–Crippen LogP) is 9.45. The average molecular weight is 545 g/mol. The van der Waals surface area contributed by atoms with Crippen molar-refractivity contribution in [2.45, 2.75) is 24.7 Å². The van der Waals surface area contributed by atoms with Crippen LogP contribution in [0.3, 0.4) is 0 Å². The summed E-state index contributed by atoms with van der Waals surface area (Å²) in [5.74, 6) is 0. The zero-order chi connectivity index (χ0) is 27.5. The van der Waals surface area contributed by atoms with Crippen molar-refractivity contribution in [3.63, 3.8) is 0 Å². The molecule has 0 N–H and O–H groups in total. The largest absolute Gasteiger partial charge is 0.223 e. The molecule has 0 amide bonds. The van der Waals surface area contributed by atoms with E-state index in [4.69, 9.17) is 21.6 Å². The molecule has 0 bridgehead atoms. The molecule has 1 spiro atoms. The van der Waals surface area contributed by atoms with Crippen LogP contribution in [0.25, 0.3) is 44.6 Å². The molecule has 41 heavy (non-hydrogen) atoms. The fourth-order valence-electron chi connectivity index (χ4n) is 8.05. The highest BCUT2D eigenvalue weighted by atomic mass is 35.5. The van der Waals surface area contributed by atoms with Crippen LogP contribution in [0.2, 0.25) is 5.28 Å². The molecule has 0 fully saturated rings. The zero-order valence-corrected chi connectivity index (χ0v) is 23.5. The lowest BCUT2D eigenvalue weighted by atomic mass is 9.70. The van der Waals surface area contributed by atoms with Crippen LogP contribution in [-0.2, 0) is 10.8 Å². The number of fused-ring (bicyclic) bond motifs is 13. The maximum Gasteiger partial charge on any atom is 0.223 e. The molecule has 0 saturated heterocycles. The molecule has 3 aliphatic rings. The van der Waals surface area contributed by atoms with E-state index in [1.807, 2.05) is 0 Å². The Morgan fingerprint density at radius 3 is 1.56 bits per heavy atom. The van der Waals surface area contributed by atoms with Gasteiger partial charge in [-0.2, -0.15) is 0 Å². The molecule has 5 aromatic carbocycles. The Morgan fingerprint density at radius 1 is 0.463 bits per heavy atom. The maximum absolute atomic E-state index is 6.73. The predicted molar refractivity (Wildman–Crippen MR) is 166 cm³/mol. The molecule has 3 heteroatoms. The van der Waals surface area contributed by atoms with Crippen LogP contribution >= 0.6 is 11.6 Å². The zero-order valence-electron chi connectivity index (χ0n) is 22.7. The Kier molecular flexibility index (Phi) is 4.42. The lowest BCUT2D eigenvalue weighted by Crippen LogP contribution is -2.25. The number of aromatic nitrogens is 2. The van der Waals surface area contributed by atoms with Gasteiger partial charge in [0.05, 0.1) is 16.8 Å². The monoisotopic (exact) mass is 544 g/mol. The average Bonchev–Trinajstić information content (AvgIpc) is 3.56. The van der Waals surface area contributed by atoms with Gasteiger partial charge < -0.3 is 0 Å². The molecule has 2 nitrogen and oxygen atoms in total. The highest BCUT2D eigenvalue weighted by molar-refractivity contribution is 6.28. The first-order valence-corrected chi connectivity index (χ1v) is 14.5. The van der Waals surface area contributed by atoms with Gasteiger partial charge in [0, 0.05) is 16.5 Å². The van der Waals surface area contributed by atoms with E-state index < -0.39 is 5.41 Å². The van der Waals surface area contributed by atoms with Gasteiger partial charge in [0.2, 0.25) is 5.28 Å². The van der Waals surface area contributed by atoms with Crippen molar-refractivity contribution in [3.8, 4) is 44.6 Å². The molecule has 0 saturated carbocycles. The van der Waals surface area contributed by atoms with Gasteiger partial charge in [0.15, 0.2) is 0 Å². The normalized spacial score (nSPS) is 15.6. The molecule has 194 valence electrons.